The van der Waals surface area contributed by atoms with Crippen LogP contribution in [0.15, 0.2) is 59.8 Å². The van der Waals surface area contributed by atoms with E-state index in [9.17, 15) is 0 Å². The van der Waals surface area contributed by atoms with Crippen molar-refractivity contribution < 1.29 is 9.47 Å². The second-order valence-electron chi connectivity index (χ2n) is 4.93. The van der Waals surface area contributed by atoms with Gasteiger partial charge in [-0.3, -0.25) is 4.98 Å². The minimum atomic E-state index is 0.735. The lowest BCUT2D eigenvalue weighted by atomic mass is 10.1. The largest absolute Gasteiger partial charge is 0.497 e. The van der Waals surface area contributed by atoms with E-state index in [4.69, 9.17) is 9.47 Å². The third-order valence-electron chi connectivity index (χ3n) is 3.42. The molecule has 122 valence electrons. The fraction of sp³-hybridized carbons (Fsp3) is 0.167. The Morgan fingerprint density at radius 2 is 1.88 bits per heavy atom. The van der Waals surface area contributed by atoms with E-state index >= 15 is 0 Å². The number of nitrogens with zero attached hydrogens (tertiary/aromatic N) is 3. The van der Waals surface area contributed by atoms with Crippen LogP contribution in [0, 0.1) is 0 Å². The van der Waals surface area contributed by atoms with E-state index in [1.165, 1.54) is 0 Å². The van der Waals surface area contributed by atoms with Gasteiger partial charge in [0.15, 0.2) is 0 Å². The lowest BCUT2D eigenvalue weighted by molar-refractivity contribution is 0.404. The molecule has 1 aromatic carbocycles. The van der Waals surface area contributed by atoms with Gasteiger partial charge in [-0.2, -0.15) is 0 Å². The first-order valence-corrected chi connectivity index (χ1v) is 8.37. The number of methoxy groups -OCH3 is 2. The average Bonchev–Trinajstić information content (AvgIpc) is 2.67. The summed E-state index contributed by atoms with van der Waals surface area (Å²) < 4.78 is 10.7. The summed E-state index contributed by atoms with van der Waals surface area (Å²) in [6.45, 7) is 0. The molecule has 0 unspecified atom stereocenters. The van der Waals surface area contributed by atoms with Crippen LogP contribution in [0.4, 0.5) is 0 Å². The topological polar surface area (TPSA) is 57.1 Å². The molecule has 2 aromatic heterocycles. The minimum absolute atomic E-state index is 0.735. The molecular formula is C18H17N3O2S. The zero-order valence-corrected chi connectivity index (χ0v) is 14.3. The van der Waals surface area contributed by atoms with Crippen molar-refractivity contribution in [3.8, 4) is 22.8 Å². The molecule has 0 fully saturated rings. The van der Waals surface area contributed by atoms with Gasteiger partial charge in [0.25, 0.3) is 0 Å². The molecule has 0 amide bonds. The highest BCUT2D eigenvalue weighted by Gasteiger charge is 2.10. The van der Waals surface area contributed by atoms with Gasteiger partial charge in [0.2, 0.25) is 0 Å². The predicted octanol–water partition coefficient (Wildman–Crippen LogP) is 3.85. The number of thioether (sulfide) groups is 1. The van der Waals surface area contributed by atoms with Gasteiger partial charge >= 0.3 is 0 Å². The molecule has 3 aromatic rings. The highest BCUT2D eigenvalue weighted by Crippen LogP contribution is 2.32. The zero-order valence-electron chi connectivity index (χ0n) is 13.5. The normalized spacial score (nSPS) is 10.4. The fourth-order valence-electron chi connectivity index (χ4n) is 2.19. The number of rotatable bonds is 6. The van der Waals surface area contributed by atoms with Crippen molar-refractivity contribution in [1.29, 1.82) is 0 Å². The second-order valence-corrected chi connectivity index (χ2v) is 5.93. The van der Waals surface area contributed by atoms with E-state index in [1.807, 2.05) is 48.5 Å². The third kappa shape index (κ3) is 3.83. The molecule has 5 nitrogen and oxygen atoms in total. The molecule has 0 saturated carbocycles. The highest BCUT2D eigenvalue weighted by molar-refractivity contribution is 7.98. The predicted molar refractivity (Wildman–Crippen MR) is 94.4 cm³/mol. The highest BCUT2D eigenvalue weighted by atomic mass is 32.2. The molecule has 2 heterocycles. The van der Waals surface area contributed by atoms with Crippen LogP contribution in [-0.2, 0) is 5.75 Å². The Morgan fingerprint density at radius 3 is 2.54 bits per heavy atom. The van der Waals surface area contributed by atoms with Crippen LogP contribution in [-0.4, -0.2) is 29.4 Å². The van der Waals surface area contributed by atoms with Gasteiger partial charge in [-0.1, -0.05) is 17.8 Å². The first kappa shape index (κ1) is 16.3. The summed E-state index contributed by atoms with van der Waals surface area (Å²) in [5, 5.41) is 9.46. The molecule has 0 aliphatic rings. The number of benzene rings is 1. The molecule has 0 radical (unpaired) electrons. The number of hydrogen-bond donors (Lipinski definition) is 0. The van der Waals surface area contributed by atoms with Gasteiger partial charge in [-0.25, -0.2) is 0 Å². The van der Waals surface area contributed by atoms with Crippen molar-refractivity contribution in [2.45, 2.75) is 10.8 Å². The van der Waals surface area contributed by atoms with Gasteiger partial charge in [0.05, 0.1) is 25.6 Å². The summed E-state index contributed by atoms with van der Waals surface area (Å²) in [6, 6.07) is 15.4. The quantitative estimate of drug-likeness (QED) is 0.636. The summed E-state index contributed by atoms with van der Waals surface area (Å²) in [5.74, 6) is 2.25. The van der Waals surface area contributed by atoms with E-state index in [-0.39, 0.29) is 0 Å². The molecule has 0 saturated heterocycles. The number of aromatic nitrogens is 3. The summed E-state index contributed by atoms with van der Waals surface area (Å²) in [7, 11) is 3.27. The van der Waals surface area contributed by atoms with E-state index in [1.54, 1.807) is 32.2 Å². The maximum atomic E-state index is 5.40. The molecule has 0 atom stereocenters. The third-order valence-corrected chi connectivity index (χ3v) is 4.37. The molecule has 0 bridgehead atoms. The van der Waals surface area contributed by atoms with Crippen molar-refractivity contribution in [2.75, 3.05) is 14.2 Å². The SMILES string of the molecule is COc1ccc(OC)c(-c2ccc(SCc3ccccn3)nn2)c1. The van der Waals surface area contributed by atoms with Crippen molar-refractivity contribution in [2.24, 2.45) is 0 Å². The van der Waals surface area contributed by atoms with Crippen LogP contribution < -0.4 is 9.47 Å². The maximum absolute atomic E-state index is 5.40. The van der Waals surface area contributed by atoms with Crippen LogP contribution in [0.1, 0.15) is 5.69 Å². The van der Waals surface area contributed by atoms with Gasteiger partial charge in [0.1, 0.15) is 16.5 Å². The molecule has 0 spiro atoms. The number of ether oxygens (including phenoxy) is 2. The summed E-state index contributed by atoms with van der Waals surface area (Å²) >= 11 is 1.60. The number of pyridine rings is 1. The van der Waals surface area contributed by atoms with E-state index < -0.39 is 0 Å². The van der Waals surface area contributed by atoms with Crippen LogP contribution in [0.5, 0.6) is 11.5 Å². The summed E-state index contributed by atoms with van der Waals surface area (Å²) in [5.41, 5.74) is 2.61. The maximum Gasteiger partial charge on any atom is 0.128 e. The van der Waals surface area contributed by atoms with E-state index in [0.717, 1.165) is 39.2 Å². The molecule has 6 heteroatoms. The summed E-state index contributed by atoms with van der Waals surface area (Å²) in [6.07, 6.45) is 1.79. The van der Waals surface area contributed by atoms with Crippen LogP contribution in [0.2, 0.25) is 0 Å². The average molecular weight is 339 g/mol. The van der Waals surface area contributed by atoms with E-state index in [0.29, 0.717) is 0 Å². The van der Waals surface area contributed by atoms with Crippen molar-refractivity contribution in [3.05, 3.63) is 60.4 Å². The molecule has 3 rings (SSSR count). The van der Waals surface area contributed by atoms with Gasteiger partial charge in [-0.15, -0.1) is 10.2 Å². The van der Waals surface area contributed by atoms with Crippen molar-refractivity contribution >= 4 is 11.8 Å². The van der Waals surface area contributed by atoms with Crippen LogP contribution in [0.25, 0.3) is 11.3 Å². The Morgan fingerprint density at radius 1 is 0.958 bits per heavy atom. The van der Waals surface area contributed by atoms with Crippen LogP contribution in [0.3, 0.4) is 0 Å². The fourth-order valence-corrected chi connectivity index (χ4v) is 2.92. The zero-order chi connectivity index (χ0) is 16.8. The molecular weight excluding hydrogens is 322 g/mol. The number of hydrogen-bond acceptors (Lipinski definition) is 6. The lowest BCUT2D eigenvalue weighted by Crippen LogP contribution is -1.94. The Hall–Kier alpha value is -2.60. The molecule has 0 aliphatic heterocycles. The lowest BCUT2D eigenvalue weighted by Gasteiger charge is -2.09. The van der Waals surface area contributed by atoms with E-state index in [2.05, 4.69) is 15.2 Å². The Labute approximate surface area is 145 Å². The molecule has 24 heavy (non-hydrogen) atoms. The standard InChI is InChI=1S/C18H17N3O2S/c1-22-14-6-8-17(23-2)15(11-14)16-7-9-18(21-20-16)24-12-13-5-3-4-10-19-13/h3-11H,12H2,1-2H3. The van der Waals surface area contributed by atoms with Gasteiger partial charge < -0.3 is 9.47 Å². The molecule has 0 N–H and O–H groups in total. The smallest absolute Gasteiger partial charge is 0.128 e. The first-order valence-electron chi connectivity index (χ1n) is 7.39. The Balaban J connectivity index is 1.77. The summed E-state index contributed by atoms with van der Waals surface area (Å²) in [4.78, 5) is 4.30. The monoisotopic (exact) mass is 339 g/mol. The minimum Gasteiger partial charge on any atom is -0.497 e. The van der Waals surface area contributed by atoms with Crippen LogP contribution >= 0.6 is 11.8 Å². The first-order chi connectivity index (χ1) is 11.8. The Kier molecular flexibility index (Phi) is 5.28. The van der Waals surface area contributed by atoms with Crippen molar-refractivity contribution in [1.82, 2.24) is 15.2 Å². The van der Waals surface area contributed by atoms with Crippen molar-refractivity contribution in [3.63, 3.8) is 0 Å². The second kappa shape index (κ2) is 7.79. The van der Waals surface area contributed by atoms with Gasteiger partial charge in [-0.05, 0) is 42.5 Å². The van der Waals surface area contributed by atoms with Gasteiger partial charge in [0, 0.05) is 17.5 Å². The molecule has 0 aliphatic carbocycles. The Bertz CT molecular complexity index is 795.